The number of hydrogen-bond acceptors (Lipinski definition) is 3. The lowest BCUT2D eigenvalue weighted by atomic mass is 10.1. The summed E-state index contributed by atoms with van der Waals surface area (Å²) in [6.07, 6.45) is 3.75. The summed E-state index contributed by atoms with van der Waals surface area (Å²) >= 11 is 0. The molecule has 1 heterocycles. The average molecular weight is 277 g/mol. The molecule has 0 unspecified atom stereocenters. The maximum Gasteiger partial charge on any atom is 0.0406 e. The number of benzene rings is 2. The van der Waals surface area contributed by atoms with Crippen LogP contribution < -0.4 is 10.2 Å². The number of nitrogens with one attached hydrogen (secondary N) is 1. The summed E-state index contributed by atoms with van der Waals surface area (Å²) in [5.41, 5.74) is 3.62. The van der Waals surface area contributed by atoms with E-state index in [0.717, 1.165) is 12.2 Å². The molecule has 2 aromatic carbocycles. The third-order valence-corrected chi connectivity index (χ3v) is 3.64. The Balaban J connectivity index is 1.77. The van der Waals surface area contributed by atoms with Crippen molar-refractivity contribution < 1.29 is 0 Å². The van der Waals surface area contributed by atoms with E-state index in [1.54, 1.807) is 0 Å². The van der Waals surface area contributed by atoms with Crippen LogP contribution in [0.1, 0.15) is 5.56 Å². The molecule has 1 aromatic heterocycles. The Labute approximate surface area is 125 Å². The molecule has 1 N–H and O–H groups in total. The number of nitrogens with zero attached hydrogens (tertiary/aromatic N) is 2. The lowest BCUT2D eigenvalue weighted by Gasteiger charge is -2.14. The van der Waals surface area contributed by atoms with Crippen molar-refractivity contribution in [3.63, 3.8) is 0 Å². The predicted molar refractivity (Wildman–Crippen MR) is 89.8 cm³/mol. The van der Waals surface area contributed by atoms with E-state index in [0.29, 0.717) is 0 Å². The summed E-state index contributed by atoms with van der Waals surface area (Å²) in [4.78, 5) is 6.27. The Bertz CT molecular complexity index is 728. The highest BCUT2D eigenvalue weighted by atomic mass is 15.1. The Morgan fingerprint density at radius 3 is 2.57 bits per heavy atom. The summed E-state index contributed by atoms with van der Waals surface area (Å²) < 4.78 is 0. The predicted octanol–water partition coefficient (Wildman–Crippen LogP) is 3.91. The molecule has 0 saturated carbocycles. The fraction of sp³-hybridized carbons (Fsp3) is 0.167. The van der Waals surface area contributed by atoms with Crippen LogP contribution in [0.4, 0.5) is 11.4 Å². The first-order chi connectivity index (χ1) is 10.2. The van der Waals surface area contributed by atoms with Gasteiger partial charge >= 0.3 is 0 Å². The SMILES string of the molecule is CN(C)c1ccc(NCc2cccc3cnccc23)cc1. The minimum atomic E-state index is 0.808. The summed E-state index contributed by atoms with van der Waals surface area (Å²) in [6, 6.07) is 16.9. The van der Waals surface area contributed by atoms with E-state index >= 15 is 0 Å². The number of rotatable bonds is 4. The number of fused-ring (bicyclic) bond motifs is 1. The summed E-state index contributed by atoms with van der Waals surface area (Å²) in [5, 5.41) is 5.92. The minimum absolute atomic E-state index is 0.808. The van der Waals surface area contributed by atoms with Gasteiger partial charge in [-0.25, -0.2) is 0 Å². The van der Waals surface area contributed by atoms with Crippen LogP contribution >= 0.6 is 0 Å². The molecule has 0 amide bonds. The molecule has 3 aromatic rings. The largest absolute Gasteiger partial charge is 0.381 e. The zero-order valence-corrected chi connectivity index (χ0v) is 12.4. The van der Waals surface area contributed by atoms with Crippen LogP contribution in [0.2, 0.25) is 0 Å². The second-order valence-corrected chi connectivity index (χ2v) is 5.31. The van der Waals surface area contributed by atoms with Crippen LogP contribution in [0.15, 0.2) is 60.9 Å². The maximum atomic E-state index is 4.17. The zero-order valence-electron chi connectivity index (χ0n) is 12.4. The van der Waals surface area contributed by atoms with E-state index in [1.807, 2.05) is 26.5 Å². The molecule has 21 heavy (non-hydrogen) atoms. The highest BCUT2D eigenvalue weighted by molar-refractivity contribution is 5.84. The van der Waals surface area contributed by atoms with E-state index in [9.17, 15) is 0 Å². The van der Waals surface area contributed by atoms with Gasteiger partial charge in [0.05, 0.1) is 0 Å². The Hall–Kier alpha value is -2.55. The van der Waals surface area contributed by atoms with Crippen molar-refractivity contribution in [1.82, 2.24) is 4.98 Å². The summed E-state index contributed by atoms with van der Waals surface area (Å²) in [6.45, 7) is 0.808. The number of anilines is 2. The molecule has 0 spiro atoms. The fourth-order valence-electron chi connectivity index (χ4n) is 2.42. The second-order valence-electron chi connectivity index (χ2n) is 5.31. The molecular weight excluding hydrogens is 258 g/mol. The summed E-state index contributed by atoms with van der Waals surface area (Å²) in [5.74, 6) is 0. The Kier molecular flexibility index (Phi) is 3.73. The Morgan fingerprint density at radius 2 is 1.81 bits per heavy atom. The fourth-order valence-corrected chi connectivity index (χ4v) is 2.42. The molecular formula is C18H19N3. The molecule has 0 aliphatic heterocycles. The number of pyridine rings is 1. The first-order valence-corrected chi connectivity index (χ1v) is 7.07. The van der Waals surface area contributed by atoms with Crippen molar-refractivity contribution in [2.75, 3.05) is 24.3 Å². The van der Waals surface area contributed by atoms with Gasteiger partial charge in [-0.3, -0.25) is 4.98 Å². The van der Waals surface area contributed by atoms with Crippen molar-refractivity contribution in [2.45, 2.75) is 6.54 Å². The van der Waals surface area contributed by atoms with Crippen molar-refractivity contribution in [1.29, 1.82) is 0 Å². The molecule has 0 saturated heterocycles. The highest BCUT2D eigenvalue weighted by Crippen LogP contribution is 2.20. The molecule has 0 aliphatic carbocycles. The standard InChI is InChI=1S/C18H19N3/c1-21(2)17-8-6-16(7-9-17)20-13-15-5-3-4-14-12-19-11-10-18(14)15/h3-12,20H,13H2,1-2H3. The molecule has 0 atom stereocenters. The van der Waals surface area contributed by atoms with Gasteiger partial charge in [-0.1, -0.05) is 18.2 Å². The van der Waals surface area contributed by atoms with E-state index in [4.69, 9.17) is 0 Å². The van der Waals surface area contributed by atoms with Gasteiger partial charge in [0.2, 0.25) is 0 Å². The van der Waals surface area contributed by atoms with E-state index in [2.05, 4.69) is 63.7 Å². The van der Waals surface area contributed by atoms with Gasteiger partial charge < -0.3 is 10.2 Å². The first-order valence-electron chi connectivity index (χ1n) is 7.07. The first kappa shape index (κ1) is 13.4. The molecule has 0 fully saturated rings. The molecule has 3 heteroatoms. The smallest absolute Gasteiger partial charge is 0.0406 e. The molecule has 3 nitrogen and oxygen atoms in total. The number of aromatic nitrogens is 1. The van der Waals surface area contributed by atoms with E-state index < -0.39 is 0 Å². The lowest BCUT2D eigenvalue weighted by Crippen LogP contribution is -2.08. The second kappa shape index (κ2) is 5.83. The van der Waals surface area contributed by atoms with Crippen molar-refractivity contribution >= 4 is 22.1 Å². The number of hydrogen-bond donors (Lipinski definition) is 1. The molecule has 0 aliphatic rings. The molecule has 0 bridgehead atoms. The van der Waals surface area contributed by atoms with Crippen LogP contribution in [-0.4, -0.2) is 19.1 Å². The van der Waals surface area contributed by atoms with Crippen molar-refractivity contribution in [3.05, 3.63) is 66.5 Å². The maximum absolute atomic E-state index is 4.17. The van der Waals surface area contributed by atoms with Gasteiger partial charge in [0.15, 0.2) is 0 Å². The minimum Gasteiger partial charge on any atom is -0.381 e. The van der Waals surface area contributed by atoms with Crippen LogP contribution in [-0.2, 0) is 6.54 Å². The summed E-state index contributed by atoms with van der Waals surface area (Å²) in [7, 11) is 4.10. The van der Waals surface area contributed by atoms with Crippen LogP contribution in [0.5, 0.6) is 0 Å². The normalized spacial score (nSPS) is 10.6. The van der Waals surface area contributed by atoms with Crippen molar-refractivity contribution in [2.24, 2.45) is 0 Å². The quantitative estimate of drug-likeness (QED) is 0.783. The van der Waals surface area contributed by atoms with Crippen LogP contribution in [0.3, 0.4) is 0 Å². The third kappa shape index (κ3) is 2.97. The average Bonchev–Trinajstić information content (AvgIpc) is 2.53. The Morgan fingerprint density at radius 1 is 1.00 bits per heavy atom. The van der Waals surface area contributed by atoms with E-state index in [-0.39, 0.29) is 0 Å². The van der Waals surface area contributed by atoms with Gasteiger partial charge in [-0.15, -0.1) is 0 Å². The molecule has 3 rings (SSSR count). The van der Waals surface area contributed by atoms with Crippen LogP contribution in [0, 0.1) is 0 Å². The third-order valence-electron chi connectivity index (χ3n) is 3.64. The van der Waals surface area contributed by atoms with Gasteiger partial charge in [-0.2, -0.15) is 0 Å². The van der Waals surface area contributed by atoms with Crippen molar-refractivity contribution in [3.8, 4) is 0 Å². The van der Waals surface area contributed by atoms with Gasteiger partial charge in [0.25, 0.3) is 0 Å². The van der Waals surface area contributed by atoms with Gasteiger partial charge in [0.1, 0.15) is 0 Å². The van der Waals surface area contributed by atoms with Gasteiger partial charge in [0, 0.05) is 49.8 Å². The zero-order chi connectivity index (χ0) is 14.7. The molecule has 106 valence electrons. The van der Waals surface area contributed by atoms with Gasteiger partial charge in [-0.05, 0) is 41.3 Å². The van der Waals surface area contributed by atoms with E-state index in [1.165, 1.54) is 22.0 Å². The monoisotopic (exact) mass is 277 g/mol. The van der Waals surface area contributed by atoms with Crippen LogP contribution in [0.25, 0.3) is 10.8 Å². The lowest BCUT2D eigenvalue weighted by molar-refractivity contribution is 1.13. The topological polar surface area (TPSA) is 28.2 Å². The highest BCUT2D eigenvalue weighted by Gasteiger charge is 2.01. The molecule has 0 radical (unpaired) electrons.